The Hall–Kier alpha value is -1.14. The number of piperidine rings is 1. The molecule has 21 heavy (non-hydrogen) atoms. The predicted octanol–water partition coefficient (Wildman–Crippen LogP) is 0.666. The van der Waals surface area contributed by atoms with Gasteiger partial charge in [-0.05, 0) is 18.3 Å². The third-order valence-electron chi connectivity index (χ3n) is 4.21. The predicted molar refractivity (Wildman–Crippen MR) is 78.0 cm³/mol. The van der Waals surface area contributed by atoms with E-state index < -0.39 is 5.97 Å². The van der Waals surface area contributed by atoms with E-state index in [1.165, 1.54) is 6.42 Å². The number of aliphatic carboxylic acids is 1. The maximum Gasteiger partial charge on any atom is 0.306 e. The van der Waals surface area contributed by atoms with Gasteiger partial charge in [0.1, 0.15) is 0 Å². The van der Waals surface area contributed by atoms with Crippen LogP contribution in [-0.2, 0) is 14.3 Å². The van der Waals surface area contributed by atoms with Gasteiger partial charge in [-0.25, -0.2) is 0 Å². The van der Waals surface area contributed by atoms with E-state index in [4.69, 9.17) is 9.84 Å². The Morgan fingerprint density at radius 2 is 1.86 bits per heavy atom. The zero-order valence-electron chi connectivity index (χ0n) is 13.0. The van der Waals surface area contributed by atoms with Crippen molar-refractivity contribution in [1.82, 2.24) is 9.80 Å². The van der Waals surface area contributed by atoms with E-state index in [1.54, 1.807) is 0 Å². The van der Waals surface area contributed by atoms with Gasteiger partial charge in [0.2, 0.25) is 5.91 Å². The van der Waals surface area contributed by atoms with Crippen LogP contribution in [0.5, 0.6) is 0 Å². The largest absolute Gasteiger partial charge is 0.481 e. The molecule has 3 atom stereocenters. The van der Waals surface area contributed by atoms with Crippen LogP contribution in [0.15, 0.2) is 0 Å². The number of morpholine rings is 1. The molecule has 1 N–H and O–H groups in total. The number of rotatable bonds is 4. The molecule has 120 valence electrons. The fraction of sp³-hybridized carbons (Fsp3) is 0.867. The van der Waals surface area contributed by atoms with Gasteiger partial charge in [0.05, 0.1) is 25.7 Å². The lowest BCUT2D eigenvalue weighted by molar-refractivity contribution is -0.143. The molecule has 0 aromatic heterocycles. The van der Waals surface area contributed by atoms with Crippen molar-refractivity contribution in [2.75, 3.05) is 39.3 Å². The third-order valence-corrected chi connectivity index (χ3v) is 4.21. The minimum Gasteiger partial charge on any atom is -0.481 e. The van der Waals surface area contributed by atoms with Gasteiger partial charge in [0.15, 0.2) is 0 Å². The third kappa shape index (κ3) is 4.97. The standard InChI is InChI=1S/C15H26N2O4/c1-11-5-12(2)8-17(7-11)14(18)10-16-3-4-21-13(9-16)6-15(19)20/h11-13H,3-10H2,1-2H3,(H,19,20). The van der Waals surface area contributed by atoms with Crippen LogP contribution in [0.25, 0.3) is 0 Å². The lowest BCUT2D eigenvalue weighted by Gasteiger charge is -2.37. The zero-order chi connectivity index (χ0) is 15.4. The summed E-state index contributed by atoms with van der Waals surface area (Å²) in [5.74, 6) is 0.417. The topological polar surface area (TPSA) is 70.1 Å². The van der Waals surface area contributed by atoms with Crippen LogP contribution in [0.2, 0.25) is 0 Å². The fourth-order valence-electron chi connectivity index (χ4n) is 3.40. The molecule has 3 unspecified atom stereocenters. The first-order valence-electron chi connectivity index (χ1n) is 7.77. The molecule has 2 aliphatic rings. The zero-order valence-corrected chi connectivity index (χ0v) is 13.0. The molecule has 2 aliphatic heterocycles. The summed E-state index contributed by atoms with van der Waals surface area (Å²) in [6, 6.07) is 0. The van der Waals surface area contributed by atoms with Gasteiger partial charge < -0.3 is 14.7 Å². The highest BCUT2D eigenvalue weighted by atomic mass is 16.5. The second-order valence-corrected chi connectivity index (χ2v) is 6.57. The summed E-state index contributed by atoms with van der Waals surface area (Å²) in [5.41, 5.74) is 0. The minimum absolute atomic E-state index is 0.00245. The monoisotopic (exact) mass is 298 g/mol. The Kier molecular flexibility index (Phi) is 5.58. The summed E-state index contributed by atoms with van der Waals surface area (Å²) in [5, 5.41) is 8.82. The Morgan fingerprint density at radius 1 is 1.19 bits per heavy atom. The van der Waals surface area contributed by atoms with Crippen LogP contribution in [0.4, 0.5) is 0 Å². The first-order chi connectivity index (χ1) is 9.94. The van der Waals surface area contributed by atoms with E-state index in [1.807, 2.05) is 9.80 Å². The SMILES string of the molecule is CC1CC(C)CN(C(=O)CN2CCOC(CC(=O)O)C2)C1. The van der Waals surface area contributed by atoms with Crippen molar-refractivity contribution in [3.8, 4) is 0 Å². The summed E-state index contributed by atoms with van der Waals surface area (Å²) in [6.07, 6.45) is 0.882. The van der Waals surface area contributed by atoms with Gasteiger partial charge >= 0.3 is 5.97 Å². The summed E-state index contributed by atoms with van der Waals surface area (Å²) in [7, 11) is 0. The van der Waals surface area contributed by atoms with Crippen LogP contribution in [-0.4, -0.2) is 72.2 Å². The van der Waals surface area contributed by atoms with Crippen molar-refractivity contribution in [1.29, 1.82) is 0 Å². The quantitative estimate of drug-likeness (QED) is 0.826. The fourth-order valence-corrected chi connectivity index (χ4v) is 3.40. The Bertz CT molecular complexity index is 378. The molecular weight excluding hydrogens is 272 g/mol. The number of likely N-dealkylation sites (tertiary alicyclic amines) is 1. The van der Waals surface area contributed by atoms with Crippen LogP contribution >= 0.6 is 0 Å². The van der Waals surface area contributed by atoms with Gasteiger partial charge in [-0.1, -0.05) is 13.8 Å². The maximum absolute atomic E-state index is 12.4. The second-order valence-electron chi connectivity index (χ2n) is 6.57. The van der Waals surface area contributed by atoms with E-state index in [-0.39, 0.29) is 18.4 Å². The van der Waals surface area contributed by atoms with Crippen molar-refractivity contribution < 1.29 is 19.4 Å². The van der Waals surface area contributed by atoms with Crippen molar-refractivity contribution in [2.45, 2.75) is 32.8 Å². The molecule has 6 nitrogen and oxygen atoms in total. The lowest BCUT2D eigenvalue weighted by Crippen LogP contribution is -2.50. The highest BCUT2D eigenvalue weighted by Gasteiger charge is 2.29. The number of ether oxygens (including phenoxy) is 1. The van der Waals surface area contributed by atoms with E-state index in [0.717, 1.165) is 13.1 Å². The average Bonchev–Trinajstić information content (AvgIpc) is 2.37. The molecule has 2 heterocycles. The van der Waals surface area contributed by atoms with Crippen molar-refractivity contribution in [2.24, 2.45) is 11.8 Å². The lowest BCUT2D eigenvalue weighted by atomic mass is 9.92. The van der Waals surface area contributed by atoms with Crippen molar-refractivity contribution >= 4 is 11.9 Å². The summed E-state index contributed by atoms with van der Waals surface area (Å²) >= 11 is 0. The Balaban J connectivity index is 1.82. The van der Waals surface area contributed by atoms with E-state index in [9.17, 15) is 9.59 Å². The van der Waals surface area contributed by atoms with E-state index in [2.05, 4.69) is 13.8 Å². The Labute approximate surface area is 126 Å². The van der Waals surface area contributed by atoms with Gasteiger partial charge in [-0.3, -0.25) is 14.5 Å². The number of nitrogens with zero attached hydrogens (tertiary/aromatic N) is 2. The maximum atomic E-state index is 12.4. The number of carbonyl (C=O) groups excluding carboxylic acids is 1. The first kappa shape index (κ1) is 16.2. The second kappa shape index (κ2) is 7.22. The average molecular weight is 298 g/mol. The molecule has 1 amide bonds. The van der Waals surface area contributed by atoms with Crippen LogP contribution in [0.1, 0.15) is 26.7 Å². The van der Waals surface area contributed by atoms with Gasteiger partial charge in [0, 0.05) is 26.2 Å². The minimum atomic E-state index is -0.855. The van der Waals surface area contributed by atoms with Gasteiger partial charge in [-0.2, -0.15) is 0 Å². The first-order valence-corrected chi connectivity index (χ1v) is 7.77. The number of hydrogen-bond acceptors (Lipinski definition) is 4. The van der Waals surface area contributed by atoms with Crippen molar-refractivity contribution in [3.63, 3.8) is 0 Å². The molecule has 0 aromatic rings. The summed E-state index contributed by atoms with van der Waals surface area (Å²) in [6.45, 7) is 8.15. The summed E-state index contributed by atoms with van der Waals surface area (Å²) in [4.78, 5) is 27.1. The Morgan fingerprint density at radius 3 is 2.48 bits per heavy atom. The number of carbonyl (C=O) groups is 2. The molecule has 2 fully saturated rings. The van der Waals surface area contributed by atoms with E-state index in [0.29, 0.717) is 38.1 Å². The number of carboxylic acids is 1. The molecule has 0 aliphatic carbocycles. The molecule has 0 radical (unpaired) electrons. The van der Waals surface area contributed by atoms with Gasteiger partial charge in [0.25, 0.3) is 0 Å². The van der Waals surface area contributed by atoms with Crippen LogP contribution < -0.4 is 0 Å². The van der Waals surface area contributed by atoms with Crippen LogP contribution in [0, 0.1) is 11.8 Å². The molecule has 0 spiro atoms. The summed E-state index contributed by atoms with van der Waals surface area (Å²) < 4.78 is 5.43. The molecule has 0 aromatic carbocycles. The highest BCUT2D eigenvalue weighted by molar-refractivity contribution is 5.78. The van der Waals surface area contributed by atoms with Gasteiger partial charge in [-0.15, -0.1) is 0 Å². The molecule has 2 saturated heterocycles. The molecule has 0 saturated carbocycles. The number of amides is 1. The normalized spacial score (nSPS) is 31.1. The molecule has 0 bridgehead atoms. The van der Waals surface area contributed by atoms with Crippen LogP contribution in [0.3, 0.4) is 0 Å². The molecule has 6 heteroatoms. The molecule has 2 rings (SSSR count). The highest BCUT2D eigenvalue weighted by Crippen LogP contribution is 2.21. The van der Waals surface area contributed by atoms with E-state index >= 15 is 0 Å². The van der Waals surface area contributed by atoms with Crippen molar-refractivity contribution in [3.05, 3.63) is 0 Å². The smallest absolute Gasteiger partial charge is 0.306 e. The number of hydrogen-bond donors (Lipinski definition) is 1. The number of carboxylic acid groups (broad SMARTS) is 1. The molecular formula is C15H26N2O4.